The van der Waals surface area contributed by atoms with Crippen LogP contribution in [0.15, 0.2) is 54.6 Å². The maximum atomic E-state index is 13.6. The Morgan fingerprint density at radius 3 is 2.33 bits per heavy atom. The fraction of sp³-hybridized carbons (Fsp3) is 0.278. The summed E-state index contributed by atoms with van der Waals surface area (Å²) in [6, 6.07) is 16.3. The molecule has 1 N–H and O–H groups in total. The summed E-state index contributed by atoms with van der Waals surface area (Å²) in [4.78, 5) is 12.1. The quantitative estimate of drug-likeness (QED) is 0.911. The van der Waals surface area contributed by atoms with Crippen LogP contribution in [0.4, 0.5) is 4.39 Å². The molecular weight excluding hydrogens is 265 g/mol. The lowest BCUT2D eigenvalue weighted by Crippen LogP contribution is -2.45. The SMILES string of the molecule is O=C(NCC1(c2ccccc2)CCC1)c1ccccc1F. The van der Waals surface area contributed by atoms with Gasteiger partial charge in [0.25, 0.3) is 5.91 Å². The third-order valence-electron chi connectivity index (χ3n) is 4.40. The first kappa shape index (κ1) is 13.8. The van der Waals surface area contributed by atoms with Crippen LogP contribution in [0.1, 0.15) is 35.2 Å². The van der Waals surface area contributed by atoms with E-state index in [0.29, 0.717) is 6.54 Å². The minimum Gasteiger partial charge on any atom is -0.351 e. The third-order valence-corrected chi connectivity index (χ3v) is 4.40. The summed E-state index contributed by atoms with van der Waals surface area (Å²) in [6.07, 6.45) is 3.30. The minimum absolute atomic E-state index is 0.0160. The third kappa shape index (κ3) is 2.68. The van der Waals surface area contributed by atoms with Crippen molar-refractivity contribution in [2.24, 2.45) is 0 Å². The Morgan fingerprint density at radius 1 is 1.05 bits per heavy atom. The van der Waals surface area contributed by atoms with Gasteiger partial charge < -0.3 is 5.32 Å². The number of benzene rings is 2. The molecular formula is C18H18FNO. The first-order chi connectivity index (χ1) is 10.2. The van der Waals surface area contributed by atoms with Gasteiger partial charge in [-0.1, -0.05) is 48.9 Å². The van der Waals surface area contributed by atoms with Crippen molar-refractivity contribution >= 4 is 5.91 Å². The predicted octanol–water partition coefficient (Wildman–Crippen LogP) is 3.68. The molecule has 1 aliphatic carbocycles. The molecule has 0 radical (unpaired) electrons. The Bertz CT molecular complexity index is 635. The summed E-state index contributed by atoms with van der Waals surface area (Å²) in [7, 11) is 0. The summed E-state index contributed by atoms with van der Waals surface area (Å²) < 4.78 is 13.6. The van der Waals surface area contributed by atoms with Gasteiger partial charge in [-0.15, -0.1) is 0 Å². The number of carbonyl (C=O) groups excluding carboxylic acids is 1. The Balaban J connectivity index is 1.72. The van der Waals surface area contributed by atoms with E-state index in [1.807, 2.05) is 18.2 Å². The van der Waals surface area contributed by atoms with Crippen LogP contribution < -0.4 is 5.32 Å². The number of amides is 1. The second kappa shape index (κ2) is 5.68. The molecule has 2 aromatic rings. The zero-order valence-electron chi connectivity index (χ0n) is 11.8. The Kier molecular flexibility index (Phi) is 3.74. The molecule has 3 rings (SSSR count). The van der Waals surface area contributed by atoms with E-state index in [0.717, 1.165) is 12.8 Å². The second-order valence-electron chi connectivity index (χ2n) is 5.66. The summed E-state index contributed by atoms with van der Waals surface area (Å²) in [6.45, 7) is 0.560. The highest BCUT2D eigenvalue weighted by Gasteiger charge is 2.38. The molecule has 0 saturated heterocycles. The van der Waals surface area contributed by atoms with E-state index in [9.17, 15) is 9.18 Å². The van der Waals surface area contributed by atoms with Crippen LogP contribution in [-0.4, -0.2) is 12.5 Å². The number of halogens is 1. The maximum Gasteiger partial charge on any atom is 0.254 e. The maximum absolute atomic E-state index is 13.6. The van der Waals surface area contributed by atoms with Crippen molar-refractivity contribution in [1.29, 1.82) is 0 Å². The lowest BCUT2D eigenvalue weighted by molar-refractivity contribution is 0.0924. The Morgan fingerprint density at radius 2 is 1.71 bits per heavy atom. The van der Waals surface area contributed by atoms with Crippen LogP contribution in [0.2, 0.25) is 0 Å². The van der Waals surface area contributed by atoms with E-state index in [2.05, 4.69) is 17.4 Å². The number of hydrogen-bond acceptors (Lipinski definition) is 1. The van der Waals surface area contributed by atoms with E-state index in [4.69, 9.17) is 0 Å². The topological polar surface area (TPSA) is 29.1 Å². The molecule has 3 heteroatoms. The number of carbonyl (C=O) groups is 1. The van der Waals surface area contributed by atoms with Crippen molar-refractivity contribution in [3.8, 4) is 0 Å². The molecule has 108 valence electrons. The molecule has 21 heavy (non-hydrogen) atoms. The molecule has 1 saturated carbocycles. The minimum atomic E-state index is -0.475. The summed E-state index contributed by atoms with van der Waals surface area (Å²) in [5, 5.41) is 2.90. The van der Waals surface area contributed by atoms with E-state index < -0.39 is 5.82 Å². The summed E-state index contributed by atoms with van der Waals surface area (Å²) in [5.41, 5.74) is 1.38. The zero-order valence-corrected chi connectivity index (χ0v) is 11.8. The number of rotatable bonds is 4. The van der Waals surface area contributed by atoms with Gasteiger partial charge in [0, 0.05) is 12.0 Å². The molecule has 0 bridgehead atoms. The highest BCUT2D eigenvalue weighted by molar-refractivity contribution is 5.94. The van der Waals surface area contributed by atoms with Crippen molar-refractivity contribution < 1.29 is 9.18 Å². The molecule has 1 aliphatic rings. The van der Waals surface area contributed by atoms with E-state index in [1.165, 1.54) is 24.1 Å². The first-order valence-corrected chi connectivity index (χ1v) is 7.30. The average molecular weight is 283 g/mol. The summed E-state index contributed by atoms with van der Waals surface area (Å²) >= 11 is 0. The van der Waals surface area contributed by atoms with Gasteiger partial charge in [-0.2, -0.15) is 0 Å². The van der Waals surface area contributed by atoms with Crippen LogP contribution in [0.25, 0.3) is 0 Å². The molecule has 0 aliphatic heterocycles. The average Bonchev–Trinajstić information content (AvgIpc) is 2.47. The molecule has 1 fully saturated rings. The molecule has 0 unspecified atom stereocenters. The van der Waals surface area contributed by atoms with Gasteiger partial charge in [-0.3, -0.25) is 4.79 Å². The molecule has 0 spiro atoms. The number of hydrogen-bond donors (Lipinski definition) is 1. The largest absolute Gasteiger partial charge is 0.351 e. The monoisotopic (exact) mass is 283 g/mol. The zero-order chi connectivity index (χ0) is 14.7. The molecule has 0 aromatic heterocycles. The summed E-state index contributed by atoms with van der Waals surface area (Å²) in [5.74, 6) is -0.812. The van der Waals surface area contributed by atoms with Crippen LogP contribution >= 0.6 is 0 Å². The Hall–Kier alpha value is -2.16. The van der Waals surface area contributed by atoms with Gasteiger partial charge >= 0.3 is 0 Å². The van der Waals surface area contributed by atoms with Crippen molar-refractivity contribution in [2.75, 3.05) is 6.54 Å². The highest BCUT2D eigenvalue weighted by Crippen LogP contribution is 2.43. The molecule has 0 heterocycles. The smallest absolute Gasteiger partial charge is 0.254 e. The molecule has 0 atom stereocenters. The lowest BCUT2D eigenvalue weighted by Gasteiger charge is -2.42. The first-order valence-electron chi connectivity index (χ1n) is 7.30. The van der Waals surface area contributed by atoms with Crippen molar-refractivity contribution in [2.45, 2.75) is 24.7 Å². The van der Waals surface area contributed by atoms with Gasteiger partial charge in [0.05, 0.1) is 5.56 Å². The van der Waals surface area contributed by atoms with Crippen LogP contribution in [0.3, 0.4) is 0 Å². The molecule has 2 nitrogen and oxygen atoms in total. The molecule has 1 amide bonds. The van der Waals surface area contributed by atoms with Crippen LogP contribution in [0, 0.1) is 5.82 Å². The predicted molar refractivity (Wildman–Crippen MR) is 80.7 cm³/mol. The highest BCUT2D eigenvalue weighted by atomic mass is 19.1. The van der Waals surface area contributed by atoms with Gasteiger partial charge in [-0.05, 0) is 30.5 Å². The van der Waals surface area contributed by atoms with E-state index >= 15 is 0 Å². The van der Waals surface area contributed by atoms with Gasteiger partial charge in [-0.25, -0.2) is 4.39 Å². The molecule has 2 aromatic carbocycles. The van der Waals surface area contributed by atoms with Crippen molar-refractivity contribution in [3.63, 3.8) is 0 Å². The van der Waals surface area contributed by atoms with Gasteiger partial charge in [0.15, 0.2) is 0 Å². The van der Waals surface area contributed by atoms with Gasteiger partial charge in [0.2, 0.25) is 0 Å². The van der Waals surface area contributed by atoms with Crippen molar-refractivity contribution in [1.82, 2.24) is 5.32 Å². The van der Waals surface area contributed by atoms with Crippen LogP contribution in [-0.2, 0) is 5.41 Å². The number of nitrogens with one attached hydrogen (secondary N) is 1. The van der Waals surface area contributed by atoms with Crippen molar-refractivity contribution in [3.05, 3.63) is 71.5 Å². The normalized spacial score (nSPS) is 16.0. The lowest BCUT2D eigenvalue weighted by atomic mass is 9.64. The van der Waals surface area contributed by atoms with E-state index in [1.54, 1.807) is 12.1 Å². The fourth-order valence-electron chi connectivity index (χ4n) is 2.95. The Labute approximate surface area is 124 Å². The standard InChI is InChI=1S/C18H18FNO/c19-16-10-5-4-9-15(16)17(21)20-13-18(11-6-12-18)14-7-2-1-3-8-14/h1-5,7-10H,6,11-13H2,(H,20,21). The van der Waals surface area contributed by atoms with Crippen LogP contribution in [0.5, 0.6) is 0 Å². The van der Waals surface area contributed by atoms with E-state index in [-0.39, 0.29) is 16.9 Å². The fourth-order valence-corrected chi connectivity index (χ4v) is 2.95. The second-order valence-corrected chi connectivity index (χ2v) is 5.66. The van der Waals surface area contributed by atoms with Gasteiger partial charge in [0.1, 0.15) is 5.82 Å².